The Balaban J connectivity index is 2.21. The quantitative estimate of drug-likeness (QED) is 0.838. The molecule has 1 aliphatic carbocycles. The molecule has 0 aromatic carbocycles. The Hall–Kier alpha value is -1.13. The highest BCUT2D eigenvalue weighted by Crippen LogP contribution is 2.41. The molecule has 3 rings (SSSR count). The molecule has 0 amide bonds. The number of nitrogens with two attached hydrogens (primary N) is 1. The lowest BCUT2D eigenvalue weighted by Crippen LogP contribution is -2.30. The van der Waals surface area contributed by atoms with Crippen molar-refractivity contribution >= 4 is 15.9 Å². The van der Waals surface area contributed by atoms with E-state index in [-0.39, 0.29) is 11.5 Å². The van der Waals surface area contributed by atoms with E-state index in [1.807, 2.05) is 6.20 Å². The first-order chi connectivity index (χ1) is 9.78. The topological polar surface area (TPSA) is 43.8 Å². The second-order valence-electron chi connectivity index (χ2n) is 6.97. The van der Waals surface area contributed by atoms with Gasteiger partial charge < -0.3 is 10.3 Å². The van der Waals surface area contributed by atoms with Crippen LogP contribution in [0, 0.1) is 19.3 Å². The van der Waals surface area contributed by atoms with Gasteiger partial charge in [-0.2, -0.15) is 0 Å². The van der Waals surface area contributed by atoms with Gasteiger partial charge in [-0.1, -0.05) is 13.8 Å². The minimum absolute atomic E-state index is 0.124. The summed E-state index contributed by atoms with van der Waals surface area (Å²) in [6.45, 7) is 8.84. The molecule has 1 unspecified atom stereocenters. The van der Waals surface area contributed by atoms with Crippen molar-refractivity contribution in [2.45, 2.75) is 46.6 Å². The number of pyridine rings is 1. The van der Waals surface area contributed by atoms with Crippen LogP contribution in [0.1, 0.15) is 48.8 Å². The molecule has 2 aromatic rings. The molecule has 0 fully saturated rings. The standard InChI is InChI=1S/C17H22BrN3/c1-10-5-12(18)9-20-16(10)21-11(2)6-13-14(19)7-17(3,4)8-15(13)21/h5-6,9,14H,7-8,19H2,1-4H3. The summed E-state index contributed by atoms with van der Waals surface area (Å²) in [4.78, 5) is 4.64. The zero-order chi connectivity index (χ0) is 15.4. The SMILES string of the molecule is Cc1cc(Br)cnc1-n1c(C)cc2c1CC(C)(C)CC2N. The summed E-state index contributed by atoms with van der Waals surface area (Å²) in [6.07, 6.45) is 3.94. The van der Waals surface area contributed by atoms with Crippen molar-refractivity contribution in [1.29, 1.82) is 0 Å². The van der Waals surface area contributed by atoms with Gasteiger partial charge in [0.1, 0.15) is 5.82 Å². The maximum atomic E-state index is 6.40. The van der Waals surface area contributed by atoms with Gasteiger partial charge >= 0.3 is 0 Å². The first-order valence-corrected chi connectivity index (χ1v) is 8.17. The molecule has 2 aromatic heterocycles. The van der Waals surface area contributed by atoms with E-state index < -0.39 is 0 Å². The molecule has 21 heavy (non-hydrogen) atoms. The zero-order valence-electron chi connectivity index (χ0n) is 13.1. The molecule has 0 spiro atoms. The van der Waals surface area contributed by atoms with Crippen molar-refractivity contribution in [3.8, 4) is 5.82 Å². The van der Waals surface area contributed by atoms with Gasteiger partial charge in [-0.25, -0.2) is 4.98 Å². The molecule has 1 atom stereocenters. The van der Waals surface area contributed by atoms with Gasteiger partial charge in [0.05, 0.1) is 0 Å². The molecule has 0 saturated carbocycles. The van der Waals surface area contributed by atoms with E-state index in [4.69, 9.17) is 5.73 Å². The fraction of sp³-hybridized carbons (Fsp3) is 0.471. The average molecular weight is 348 g/mol. The van der Waals surface area contributed by atoms with Crippen LogP contribution in [-0.2, 0) is 6.42 Å². The van der Waals surface area contributed by atoms with Crippen molar-refractivity contribution in [1.82, 2.24) is 9.55 Å². The highest BCUT2D eigenvalue weighted by Gasteiger charge is 2.33. The van der Waals surface area contributed by atoms with Crippen LogP contribution in [0.4, 0.5) is 0 Å². The number of rotatable bonds is 1. The molecule has 4 heteroatoms. The fourth-order valence-electron chi connectivity index (χ4n) is 3.51. The van der Waals surface area contributed by atoms with Crippen LogP contribution in [0.3, 0.4) is 0 Å². The van der Waals surface area contributed by atoms with Crippen molar-refractivity contribution in [2.24, 2.45) is 11.1 Å². The molecule has 112 valence electrons. The van der Waals surface area contributed by atoms with Gasteiger partial charge in [0.2, 0.25) is 0 Å². The van der Waals surface area contributed by atoms with Gasteiger partial charge in [0, 0.05) is 28.1 Å². The lowest BCUT2D eigenvalue weighted by atomic mass is 9.74. The Bertz CT molecular complexity index is 700. The van der Waals surface area contributed by atoms with Gasteiger partial charge in [-0.15, -0.1) is 0 Å². The van der Waals surface area contributed by atoms with Gasteiger partial charge in [-0.3, -0.25) is 0 Å². The molecule has 3 nitrogen and oxygen atoms in total. The third-order valence-electron chi connectivity index (χ3n) is 4.37. The number of nitrogens with zero attached hydrogens (tertiary/aromatic N) is 2. The molecule has 0 aliphatic heterocycles. The van der Waals surface area contributed by atoms with E-state index in [9.17, 15) is 0 Å². The van der Waals surface area contributed by atoms with Gasteiger partial charge in [0.15, 0.2) is 0 Å². The predicted molar refractivity (Wildman–Crippen MR) is 89.8 cm³/mol. The first kappa shape index (κ1) is 14.8. The summed E-state index contributed by atoms with van der Waals surface area (Å²) in [5.41, 5.74) is 11.6. The van der Waals surface area contributed by atoms with Crippen LogP contribution in [0.25, 0.3) is 5.82 Å². The molecular formula is C17H22BrN3. The first-order valence-electron chi connectivity index (χ1n) is 7.38. The van der Waals surface area contributed by atoms with Crippen molar-refractivity contribution in [3.05, 3.63) is 45.3 Å². The minimum Gasteiger partial charge on any atom is -0.324 e. The number of aryl methyl sites for hydroxylation is 2. The van der Waals surface area contributed by atoms with Crippen LogP contribution in [0.2, 0.25) is 0 Å². The lowest BCUT2D eigenvalue weighted by Gasteiger charge is -2.34. The van der Waals surface area contributed by atoms with Crippen LogP contribution in [-0.4, -0.2) is 9.55 Å². The van der Waals surface area contributed by atoms with E-state index in [2.05, 4.69) is 65.3 Å². The summed E-state index contributed by atoms with van der Waals surface area (Å²) in [6, 6.07) is 4.47. The molecule has 0 radical (unpaired) electrons. The van der Waals surface area contributed by atoms with E-state index in [0.717, 1.165) is 23.1 Å². The summed E-state index contributed by atoms with van der Waals surface area (Å²) in [7, 11) is 0. The number of aromatic nitrogens is 2. The minimum atomic E-state index is 0.124. The number of hydrogen-bond acceptors (Lipinski definition) is 2. The summed E-state index contributed by atoms with van der Waals surface area (Å²) in [5, 5.41) is 0. The number of halogens is 1. The van der Waals surface area contributed by atoms with E-state index >= 15 is 0 Å². The molecule has 2 N–H and O–H groups in total. The second-order valence-corrected chi connectivity index (χ2v) is 7.88. The van der Waals surface area contributed by atoms with Gasteiger partial charge in [0.25, 0.3) is 0 Å². The summed E-state index contributed by atoms with van der Waals surface area (Å²) in [5.74, 6) is 1.02. The molecule has 0 saturated heterocycles. The van der Waals surface area contributed by atoms with Crippen molar-refractivity contribution in [3.63, 3.8) is 0 Å². The largest absolute Gasteiger partial charge is 0.324 e. The number of fused-ring (bicyclic) bond motifs is 1. The Morgan fingerprint density at radius 2 is 2.05 bits per heavy atom. The summed E-state index contributed by atoms with van der Waals surface area (Å²) < 4.78 is 3.30. The third kappa shape index (κ3) is 2.55. The Kier molecular flexibility index (Phi) is 3.49. The van der Waals surface area contributed by atoms with Crippen LogP contribution < -0.4 is 5.73 Å². The second kappa shape index (κ2) is 4.96. The van der Waals surface area contributed by atoms with Crippen LogP contribution in [0.5, 0.6) is 0 Å². The average Bonchev–Trinajstić information content (AvgIpc) is 2.65. The molecule has 2 heterocycles. The van der Waals surface area contributed by atoms with E-state index in [1.165, 1.54) is 22.5 Å². The predicted octanol–water partition coefficient (Wildman–Crippen LogP) is 4.22. The molecule has 1 aliphatic rings. The fourth-order valence-corrected chi connectivity index (χ4v) is 3.96. The molecular weight excluding hydrogens is 326 g/mol. The van der Waals surface area contributed by atoms with Crippen LogP contribution >= 0.6 is 15.9 Å². The van der Waals surface area contributed by atoms with E-state index in [1.54, 1.807) is 0 Å². The van der Waals surface area contributed by atoms with Crippen molar-refractivity contribution in [2.75, 3.05) is 0 Å². The maximum Gasteiger partial charge on any atom is 0.140 e. The molecule has 0 bridgehead atoms. The maximum absolute atomic E-state index is 6.40. The monoisotopic (exact) mass is 347 g/mol. The van der Waals surface area contributed by atoms with Crippen LogP contribution in [0.15, 0.2) is 22.8 Å². The van der Waals surface area contributed by atoms with E-state index in [0.29, 0.717) is 0 Å². The third-order valence-corrected chi connectivity index (χ3v) is 4.80. The summed E-state index contributed by atoms with van der Waals surface area (Å²) >= 11 is 3.49. The van der Waals surface area contributed by atoms with Gasteiger partial charge in [-0.05, 0) is 71.3 Å². The normalized spacial score (nSPS) is 20.4. The smallest absolute Gasteiger partial charge is 0.140 e. The highest BCUT2D eigenvalue weighted by atomic mass is 79.9. The Morgan fingerprint density at radius 1 is 1.33 bits per heavy atom. The van der Waals surface area contributed by atoms with Crippen molar-refractivity contribution < 1.29 is 0 Å². The highest BCUT2D eigenvalue weighted by molar-refractivity contribution is 9.10. The zero-order valence-corrected chi connectivity index (χ0v) is 14.7. The lowest BCUT2D eigenvalue weighted by molar-refractivity contribution is 0.278. The Labute approximate surface area is 134 Å². The Morgan fingerprint density at radius 3 is 2.71 bits per heavy atom. The number of hydrogen-bond donors (Lipinski definition) is 1.